The Balaban J connectivity index is 1.32. The van der Waals surface area contributed by atoms with Crippen LogP contribution in [0.25, 0.3) is 22.2 Å². The van der Waals surface area contributed by atoms with Crippen LogP contribution in [0.3, 0.4) is 0 Å². The van der Waals surface area contributed by atoms with Crippen LogP contribution in [0.1, 0.15) is 56.8 Å². The van der Waals surface area contributed by atoms with Gasteiger partial charge < -0.3 is 25.3 Å². The molecule has 0 aliphatic carbocycles. The third-order valence-corrected chi connectivity index (χ3v) is 8.07. The van der Waals surface area contributed by atoms with Gasteiger partial charge >= 0.3 is 0 Å². The van der Waals surface area contributed by atoms with Crippen molar-refractivity contribution in [3.05, 3.63) is 53.5 Å². The average Bonchev–Trinajstić information content (AvgIpc) is 3.63. The Hall–Kier alpha value is -3.86. The first-order chi connectivity index (χ1) is 19.6. The normalized spacial score (nSPS) is 15.3. The van der Waals surface area contributed by atoms with Gasteiger partial charge in [-0.15, -0.1) is 0 Å². The number of pyridine rings is 1. The molecule has 10 nitrogen and oxygen atoms in total. The first-order valence-electron chi connectivity index (χ1n) is 13.7. The molecule has 5 rings (SSSR count). The number of nitrogens with zero attached hydrogens (tertiary/aromatic N) is 4. The quantitative estimate of drug-likeness (QED) is 0.278. The lowest BCUT2D eigenvalue weighted by molar-refractivity contribution is -0.121. The summed E-state index contributed by atoms with van der Waals surface area (Å²) in [6.07, 6.45) is 6.76. The lowest BCUT2D eigenvalue weighted by Crippen LogP contribution is -2.34. The van der Waals surface area contributed by atoms with E-state index in [1.54, 1.807) is 32.1 Å². The molecule has 0 bridgehead atoms. The number of para-hydroxylation sites is 1. The van der Waals surface area contributed by atoms with Crippen molar-refractivity contribution < 1.29 is 14.3 Å². The van der Waals surface area contributed by atoms with E-state index >= 15 is 0 Å². The standard InChI is InChI=1S/C29H35N7O3S/c1-30-25(37)12-5-3-4-11-23(33-26(38)16-20-18-40-29-31-13-8-14-36(20)29)27-32-17-24(34-27)21-15-19-9-6-7-10-22(19)35-28(21)39-2/h6-7,9-10,15,17-18,23H,3-5,8,11-14,16H2,1-2H3,(H,30,37)(H,32,34)(H,33,38)/t23-/m0/s1. The number of hydrogen-bond acceptors (Lipinski definition) is 8. The highest BCUT2D eigenvalue weighted by molar-refractivity contribution is 8.16. The smallest absolute Gasteiger partial charge is 0.226 e. The summed E-state index contributed by atoms with van der Waals surface area (Å²) in [7, 11) is 3.26. The second-order valence-corrected chi connectivity index (χ2v) is 10.7. The van der Waals surface area contributed by atoms with Crippen molar-refractivity contribution >= 4 is 39.6 Å². The molecule has 0 unspecified atom stereocenters. The molecule has 1 aromatic carbocycles. The Morgan fingerprint density at radius 1 is 1.20 bits per heavy atom. The summed E-state index contributed by atoms with van der Waals surface area (Å²) >= 11 is 1.59. The fourth-order valence-electron chi connectivity index (χ4n) is 4.99. The number of amides is 2. The number of ether oxygens (including phenoxy) is 1. The Kier molecular flexibility index (Phi) is 9.00. The molecule has 0 radical (unpaired) electrons. The van der Waals surface area contributed by atoms with Crippen molar-refractivity contribution in [1.29, 1.82) is 0 Å². The molecule has 2 aromatic heterocycles. The molecular formula is C29H35N7O3S. The van der Waals surface area contributed by atoms with E-state index in [0.717, 1.165) is 71.8 Å². The highest BCUT2D eigenvalue weighted by Gasteiger charge is 2.27. The predicted octanol–water partition coefficient (Wildman–Crippen LogP) is 4.53. The fourth-order valence-corrected chi connectivity index (χ4v) is 5.95. The molecule has 1 atom stereocenters. The summed E-state index contributed by atoms with van der Waals surface area (Å²) in [5, 5.41) is 9.89. The largest absolute Gasteiger partial charge is 0.480 e. The highest BCUT2D eigenvalue weighted by atomic mass is 32.2. The number of imidazole rings is 1. The number of amidine groups is 1. The van der Waals surface area contributed by atoms with E-state index in [9.17, 15) is 9.59 Å². The van der Waals surface area contributed by atoms with Gasteiger partial charge in [0.2, 0.25) is 17.7 Å². The molecule has 11 heteroatoms. The van der Waals surface area contributed by atoms with E-state index in [1.165, 1.54) is 0 Å². The van der Waals surface area contributed by atoms with Crippen molar-refractivity contribution in [2.75, 3.05) is 27.2 Å². The van der Waals surface area contributed by atoms with E-state index in [-0.39, 0.29) is 24.3 Å². The van der Waals surface area contributed by atoms with Crippen LogP contribution < -0.4 is 15.4 Å². The number of H-pyrrole nitrogens is 1. The van der Waals surface area contributed by atoms with E-state index in [4.69, 9.17) is 4.74 Å². The van der Waals surface area contributed by atoms with Crippen LogP contribution in [0.5, 0.6) is 5.88 Å². The van der Waals surface area contributed by atoms with Crippen molar-refractivity contribution in [3.63, 3.8) is 0 Å². The zero-order valence-corrected chi connectivity index (χ0v) is 23.7. The average molecular weight is 562 g/mol. The third kappa shape index (κ3) is 6.47. The molecule has 2 aliphatic rings. The van der Waals surface area contributed by atoms with Gasteiger partial charge in [0.1, 0.15) is 5.82 Å². The Morgan fingerprint density at radius 2 is 2.08 bits per heavy atom. The molecule has 4 heterocycles. The minimum Gasteiger partial charge on any atom is -0.480 e. The first-order valence-corrected chi connectivity index (χ1v) is 14.6. The van der Waals surface area contributed by atoms with E-state index < -0.39 is 0 Å². The SMILES string of the molecule is CNC(=O)CCCCC[C@H](NC(=O)CC1=CSC2=NCCCN12)c1ncc(-c2cc3ccccc3nc2OC)[nH]1. The monoisotopic (exact) mass is 561 g/mol. The maximum absolute atomic E-state index is 13.2. The van der Waals surface area contributed by atoms with Gasteiger partial charge in [-0.25, -0.2) is 9.97 Å². The molecule has 0 spiro atoms. The molecule has 3 aromatic rings. The fraction of sp³-hybridized carbons (Fsp3) is 0.414. The molecule has 210 valence electrons. The van der Waals surface area contributed by atoms with Gasteiger partial charge in [-0.05, 0) is 36.8 Å². The third-order valence-electron chi connectivity index (χ3n) is 7.12. The van der Waals surface area contributed by atoms with Crippen LogP contribution in [-0.4, -0.2) is 64.1 Å². The number of unbranched alkanes of at least 4 members (excludes halogenated alkanes) is 2. The van der Waals surface area contributed by atoms with Crippen molar-refractivity contribution in [1.82, 2.24) is 30.5 Å². The predicted molar refractivity (Wildman–Crippen MR) is 158 cm³/mol. The van der Waals surface area contributed by atoms with Gasteiger partial charge in [0.25, 0.3) is 0 Å². The number of carbonyl (C=O) groups is 2. The minimum atomic E-state index is -0.301. The molecule has 2 aliphatic heterocycles. The van der Waals surface area contributed by atoms with Crippen molar-refractivity contribution in [3.8, 4) is 17.1 Å². The summed E-state index contributed by atoms with van der Waals surface area (Å²) in [6.45, 7) is 1.73. The van der Waals surface area contributed by atoms with Crippen molar-refractivity contribution in [2.45, 2.75) is 51.0 Å². The number of methoxy groups -OCH3 is 1. The number of nitrogens with one attached hydrogen (secondary N) is 3. The molecule has 2 amide bonds. The second-order valence-electron chi connectivity index (χ2n) is 9.89. The lowest BCUT2D eigenvalue weighted by Gasteiger charge is -2.25. The van der Waals surface area contributed by atoms with Crippen LogP contribution in [0, 0.1) is 0 Å². The first kappa shape index (κ1) is 27.7. The van der Waals surface area contributed by atoms with Gasteiger partial charge in [0, 0.05) is 37.6 Å². The van der Waals surface area contributed by atoms with Crippen LogP contribution in [0.4, 0.5) is 0 Å². The molecule has 3 N–H and O–H groups in total. The Bertz CT molecular complexity index is 1430. The van der Waals surface area contributed by atoms with Gasteiger partial charge in [-0.3, -0.25) is 14.6 Å². The number of aromatic nitrogens is 3. The van der Waals surface area contributed by atoms with E-state index in [2.05, 4.69) is 35.5 Å². The number of aliphatic imine (C=N–C) groups is 1. The summed E-state index contributed by atoms with van der Waals surface area (Å²) < 4.78 is 5.60. The number of benzene rings is 1. The van der Waals surface area contributed by atoms with Crippen LogP contribution in [-0.2, 0) is 9.59 Å². The van der Waals surface area contributed by atoms with Crippen molar-refractivity contribution in [2.24, 2.45) is 4.99 Å². The Labute approximate surface area is 238 Å². The number of aromatic amines is 1. The molecule has 0 saturated heterocycles. The topological polar surface area (TPSA) is 125 Å². The summed E-state index contributed by atoms with van der Waals surface area (Å²) in [6, 6.07) is 9.62. The van der Waals surface area contributed by atoms with Gasteiger partial charge in [-0.1, -0.05) is 42.8 Å². The van der Waals surface area contributed by atoms with E-state index in [0.29, 0.717) is 24.5 Å². The molecular weight excluding hydrogens is 526 g/mol. The number of fused-ring (bicyclic) bond motifs is 2. The maximum atomic E-state index is 13.2. The number of carbonyl (C=O) groups excluding carboxylic acids is 2. The zero-order chi connectivity index (χ0) is 27.9. The summed E-state index contributed by atoms with van der Waals surface area (Å²) in [5.41, 5.74) is 3.41. The second kappa shape index (κ2) is 13.0. The van der Waals surface area contributed by atoms with Crippen LogP contribution >= 0.6 is 11.8 Å². The van der Waals surface area contributed by atoms with Gasteiger partial charge in [0.15, 0.2) is 5.17 Å². The van der Waals surface area contributed by atoms with Crippen LogP contribution in [0.15, 0.2) is 52.6 Å². The number of thioether (sulfide) groups is 1. The number of hydrogen-bond donors (Lipinski definition) is 3. The maximum Gasteiger partial charge on any atom is 0.226 e. The minimum absolute atomic E-state index is 0.0433. The summed E-state index contributed by atoms with van der Waals surface area (Å²) in [4.78, 5) is 44.3. The van der Waals surface area contributed by atoms with Crippen LogP contribution in [0.2, 0.25) is 0 Å². The van der Waals surface area contributed by atoms with E-state index in [1.807, 2.05) is 35.7 Å². The highest BCUT2D eigenvalue weighted by Crippen LogP contribution is 2.33. The van der Waals surface area contributed by atoms with Gasteiger partial charge in [-0.2, -0.15) is 0 Å². The summed E-state index contributed by atoms with van der Waals surface area (Å²) in [5.74, 6) is 1.17. The zero-order valence-electron chi connectivity index (χ0n) is 22.9. The Morgan fingerprint density at radius 3 is 2.92 bits per heavy atom. The lowest BCUT2D eigenvalue weighted by atomic mass is 10.1. The molecule has 0 fully saturated rings. The number of rotatable bonds is 12. The van der Waals surface area contributed by atoms with Gasteiger partial charge in [0.05, 0.1) is 42.5 Å². The molecule has 40 heavy (non-hydrogen) atoms. The molecule has 0 saturated carbocycles.